The number of phenolic OH excluding ortho intramolecular Hbond substituents is 1. The maximum atomic E-state index is 13.3. The van der Waals surface area contributed by atoms with Crippen LogP contribution in [0.25, 0.3) is 32.6 Å². The van der Waals surface area contributed by atoms with E-state index in [0.717, 1.165) is 16.2 Å². The van der Waals surface area contributed by atoms with Crippen molar-refractivity contribution in [2.75, 3.05) is 0 Å². The van der Waals surface area contributed by atoms with Gasteiger partial charge in [-0.25, -0.2) is 4.79 Å². The van der Waals surface area contributed by atoms with Crippen molar-refractivity contribution in [1.29, 1.82) is 0 Å². The van der Waals surface area contributed by atoms with Crippen LogP contribution < -0.4 is 15.9 Å². The molecule has 3 heterocycles. The first-order valence-corrected chi connectivity index (χ1v) is 11.3. The molecule has 2 N–H and O–H groups in total. The van der Waals surface area contributed by atoms with Gasteiger partial charge in [-0.05, 0) is 53.8 Å². The first-order valence-electron chi connectivity index (χ1n) is 11.3. The molecule has 0 saturated carbocycles. The minimum absolute atomic E-state index is 0.0204. The van der Waals surface area contributed by atoms with Crippen LogP contribution >= 0.6 is 0 Å². The fourth-order valence-corrected chi connectivity index (χ4v) is 5.17. The van der Waals surface area contributed by atoms with E-state index in [2.05, 4.69) is 4.98 Å². The number of H-pyrrole nitrogens is 1. The zero-order chi connectivity index (χ0) is 25.3. The molecule has 6 rings (SSSR count). The molecule has 8 nitrogen and oxygen atoms in total. The molecule has 8 heteroatoms. The van der Waals surface area contributed by atoms with Crippen molar-refractivity contribution in [3.63, 3.8) is 0 Å². The molecule has 1 atom stereocenters. The van der Waals surface area contributed by atoms with E-state index in [1.54, 1.807) is 13.0 Å². The monoisotopic (exact) mass is 481 g/mol. The minimum atomic E-state index is -0.882. The minimum Gasteiger partial charge on any atom is -0.506 e. The van der Waals surface area contributed by atoms with Crippen LogP contribution in [0.15, 0.2) is 62.5 Å². The molecule has 2 aromatic heterocycles. The van der Waals surface area contributed by atoms with Gasteiger partial charge in [0.05, 0.1) is 11.8 Å². The molecule has 0 aliphatic carbocycles. The highest BCUT2D eigenvalue weighted by Crippen LogP contribution is 2.49. The molecule has 1 aliphatic heterocycles. The summed E-state index contributed by atoms with van der Waals surface area (Å²) in [5.74, 6) is -2.73. The topological polar surface area (TPSA) is 127 Å². The number of phenols is 1. The molecule has 0 radical (unpaired) electrons. The lowest BCUT2D eigenvalue weighted by molar-refractivity contribution is -0.135. The van der Waals surface area contributed by atoms with Crippen molar-refractivity contribution in [3.8, 4) is 11.5 Å². The molecule has 36 heavy (non-hydrogen) atoms. The molecule has 0 saturated heterocycles. The van der Waals surface area contributed by atoms with E-state index in [1.807, 2.05) is 36.4 Å². The third-order valence-corrected chi connectivity index (χ3v) is 6.75. The van der Waals surface area contributed by atoms with E-state index >= 15 is 0 Å². The molecule has 178 valence electrons. The molecule has 0 amide bonds. The quantitative estimate of drug-likeness (QED) is 0.125. The van der Waals surface area contributed by atoms with Crippen LogP contribution in [0, 0.1) is 6.92 Å². The smallest absolute Gasteiger partial charge is 0.336 e. The number of nitrogens with one attached hydrogen (secondary N) is 1. The third kappa shape index (κ3) is 3.15. The number of carbonyl (C=O) groups is 2. The number of Topliss-reactive ketones (excluding diaryl/α,β-unsaturated/α-hetero) is 1. The zero-order valence-corrected chi connectivity index (χ0v) is 19.3. The Bertz CT molecular complexity index is 1910. The number of ketones is 1. The van der Waals surface area contributed by atoms with Gasteiger partial charge in [0, 0.05) is 28.6 Å². The predicted octanol–water partition coefficient (Wildman–Crippen LogP) is 4.45. The Morgan fingerprint density at radius 1 is 1.03 bits per heavy atom. The number of pyridine rings is 1. The number of ether oxygens (including phenoxy) is 1. The van der Waals surface area contributed by atoms with Gasteiger partial charge in [0.1, 0.15) is 16.9 Å². The van der Waals surface area contributed by atoms with E-state index in [0.29, 0.717) is 11.1 Å². The van der Waals surface area contributed by atoms with Crippen molar-refractivity contribution < 1.29 is 23.8 Å². The second-order valence-corrected chi connectivity index (χ2v) is 9.05. The number of benzene rings is 3. The SMILES string of the molecule is CC(=O)c1c2c(c3oc(=O)cc(C)c3c1O)[C@H](c1cc3cc4ccccc4cc3[nH]c1=O)CC(=O)O2. The number of hydrogen-bond acceptors (Lipinski definition) is 7. The standard InChI is InChI=1S/C28H19NO7/c1-12-7-20(31)35-26-22(12)25(33)23(13(2)30)27-24(26)17(11-21(32)36-27)18-9-16-8-14-5-3-4-6-15(14)10-19(16)29-28(18)34/h3-10,17,33H,11H2,1-2H3,(H,29,34)/t17-/m0/s1. The van der Waals surface area contributed by atoms with Crippen LogP contribution in [0.3, 0.4) is 0 Å². The summed E-state index contributed by atoms with van der Waals surface area (Å²) in [7, 11) is 0. The number of esters is 1. The molecular weight excluding hydrogens is 462 g/mol. The van der Waals surface area contributed by atoms with Crippen molar-refractivity contribution in [3.05, 3.63) is 91.6 Å². The molecule has 5 aromatic rings. The Balaban J connectivity index is 1.72. The largest absolute Gasteiger partial charge is 0.506 e. The van der Waals surface area contributed by atoms with Crippen molar-refractivity contribution in [1.82, 2.24) is 4.98 Å². The molecule has 0 unspecified atom stereocenters. The van der Waals surface area contributed by atoms with Gasteiger partial charge < -0.3 is 19.2 Å². The normalized spacial score (nSPS) is 15.3. The Morgan fingerprint density at radius 3 is 2.47 bits per heavy atom. The van der Waals surface area contributed by atoms with Gasteiger partial charge in [-0.1, -0.05) is 24.3 Å². The van der Waals surface area contributed by atoms with Crippen LogP contribution in [0.5, 0.6) is 11.5 Å². The maximum absolute atomic E-state index is 13.3. The van der Waals surface area contributed by atoms with Gasteiger partial charge >= 0.3 is 11.6 Å². The fourth-order valence-electron chi connectivity index (χ4n) is 5.17. The lowest BCUT2D eigenvalue weighted by atomic mass is 9.82. The predicted molar refractivity (Wildman–Crippen MR) is 133 cm³/mol. The lowest BCUT2D eigenvalue weighted by Crippen LogP contribution is -2.27. The van der Waals surface area contributed by atoms with Crippen molar-refractivity contribution in [2.45, 2.75) is 26.2 Å². The van der Waals surface area contributed by atoms with Crippen LogP contribution in [-0.4, -0.2) is 21.8 Å². The van der Waals surface area contributed by atoms with Crippen molar-refractivity contribution >= 4 is 44.4 Å². The fraction of sp³-hybridized carbons (Fsp3) is 0.143. The number of fused-ring (bicyclic) bond motifs is 5. The van der Waals surface area contributed by atoms with E-state index in [-0.39, 0.29) is 39.8 Å². The van der Waals surface area contributed by atoms with Crippen LogP contribution in [0.4, 0.5) is 0 Å². The number of aromatic nitrogens is 1. The molecule has 0 bridgehead atoms. The summed E-state index contributed by atoms with van der Waals surface area (Å²) >= 11 is 0. The molecule has 0 fully saturated rings. The zero-order valence-electron chi connectivity index (χ0n) is 19.3. The van der Waals surface area contributed by atoms with E-state index in [9.17, 15) is 24.3 Å². The van der Waals surface area contributed by atoms with E-state index < -0.39 is 34.6 Å². The number of rotatable bonds is 2. The van der Waals surface area contributed by atoms with Gasteiger partial charge in [-0.2, -0.15) is 0 Å². The Hall–Kier alpha value is -4.72. The summed E-state index contributed by atoms with van der Waals surface area (Å²) in [6.07, 6.45) is -0.218. The summed E-state index contributed by atoms with van der Waals surface area (Å²) in [6, 6.07) is 14.5. The summed E-state index contributed by atoms with van der Waals surface area (Å²) in [4.78, 5) is 53.8. The third-order valence-electron chi connectivity index (χ3n) is 6.75. The highest BCUT2D eigenvalue weighted by Gasteiger charge is 2.38. The first-order chi connectivity index (χ1) is 17.2. The highest BCUT2D eigenvalue weighted by atomic mass is 16.5. The van der Waals surface area contributed by atoms with Crippen LogP contribution in [0.1, 0.15) is 46.3 Å². The second-order valence-electron chi connectivity index (χ2n) is 9.05. The average molecular weight is 481 g/mol. The van der Waals surface area contributed by atoms with Gasteiger partial charge in [-0.3, -0.25) is 14.4 Å². The molecule has 1 aliphatic rings. The Labute approximate surface area is 202 Å². The Kier molecular flexibility index (Phi) is 4.63. The number of aromatic hydroxyl groups is 1. The first kappa shape index (κ1) is 21.8. The molecule has 0 spiro atoms. The van der Waals surface area contributed by atoms with Crippen molar-refractivity contribution in [2.24, 2.45) is 0 Å². The van der Waals surface area contributed by atoms with E-state index in [1.165, 1.54) is 13.0 Å². The highest BCUT2D eigenvalue weighted by molar-refractivity contribution is 6.09. The summed E-state index contributed by atoms with van der Waals surface area (Å²) < 4.78 is 10.9. The second kappa shape index (κ2) is 7.64. The summed E-state index contributed by atoms with van der Waals surface area (Å²) in [5, 5.41) is 13.8. The average Bonchev–Trinajstić information content (AvgIpc) is 2.81. The van der Waals surface area contributed by atoms with Gasteiger partial charge in [0.25, 0.3) is 5.56 Å². The van der Waals surface area contributed by atoms with E-state index in [4.69, 9.17) is 9.15 Å². The lowest BCUT2D eigenvalue weighted by Gasteiger charge is -2.27. The van der Waals surface area contributed by atoms with Gasteiger partial charge in [-0.15, -0.1) is 0 Å². The van der Waals surface area contributed by atoms with Gasteiger partial charge in [0.15, 0.2) is 11.5 Å². The van der Waals surface area contributed by atoms with Crippen LogP contribution in [0.2, 0.25) is 0 Å². The Morgan fingerprint density at radius 2 is 1.75 bits per heavy atom. The summed E-state index contributed by atoms with van der Waals surface area (Å²) in [6.45, 7) is 2.84. The van der Waals surface area contributed by atoms with Gasteiger partial charge in [0.2, 0.25) is 0 Å². The summed E-state index contributed by atoms with van der Waals surface area (Å²) in [5.41, 5.74) is 0.154. The molecule has 3 aromatic carbocycles. The maximum Gasteiger partial charge on any atom is 0.336 e. The number of carbonyl (C=O) groups excluding carboxylic acids is 2. The van der Waals surface area contributed by atoms with Crippen LogP contribution in [-0.2, 0) is 4.79 Å². The molecular formula is C28H19NO7. The number of aryl methyl sites for hydroxylation is 1. The number of aromatic amines is 1. The number of hydrogen-bond donors (Lipinski definition) is 2.